The predicted octanol–water partition coefficient (Wildman–Crippen LogP) is 2.47. The van der Waals surface area contributed by atoms with Crippen molar-refractivity contribution < 1.29 is 9.50 Å². The van der Waals surface area contributed by atoms with E-state index in [1.165, 1.54) is 6.07 Å². The van der Waals surface area contributed by atoms with Crippen LogP contribution in [0.3, 0.4) is 0 Å². The van der Waals surface area contributed by atoms with Gasteiger partial charge in [0.1, 0.15) is 5.82 Å². The average Bonchev–Trinajstić information content (AvgIpc) is 2.42. The van der Waals surface area contributed by atoms with Crippen molar-refractivity contribution in [3.63, 3.8) is 0 Å². The van der Waals surface area contributed by atoms with Gasteiger partial charge in [-0.2, -0.15) is 0 Å². The lowest BCUT2D eigenvalue weighted by Crippen LogP contribution is -2.22. The van der Waals surface area contributed by atoms with Gasteiger partial charge in [0.25, 0.3) is 0 Å². The van der Waals surface area contributed by atoms with Crippen LogP contribution in [-0.2, 0) is 0 Å². The molecule has 0 radical (unpaired) electrons. The zero-order valence-electron chi connectivity index (χ0n) is 10.3. The van der Waals surface area contributed by atoms with Gasteiger partial charge in [0.15, 0.2) is 5.82 Å². The summed E-state index contributed by atoms with van der Waals surface area (Å²) >= 11 is 3.30. The highest BCUT2D eigenvalue weighted by Crippen LogP contribution is 2.25. The first-order valence-corrected chi connectivity index (χ1v) is 6.52. The van der Waals surface area contributed by atoms with E-state index in [1.807, 2.05) is 0 Å². The van der Waals surface area contributed by atoms with Crippen molar-refractivity contribution in [1.82, 2.24) is 10.2 Å². The third-order valence-corrected chi connectivity index (χ3v) is 3.17. The minimum Gasteiger partial charge on any atom is -0.395 e. The minimum absolute atomic E-state index is 0.0419. The van der Waals surface area contributed by atoms with Gasteiger partial charge in [-0.1, -0.05) is 15.9 Å². The Bertz CT molecular complexity index is 562. The Kier molecular flexibility index (Phi) is 4.44. The summed E-state index contributed by atoms with van der Waals surface area (Å²) in [6.45, 7) is 0.513. The Morgan fingerprint density at radius 3 is 2.68 bits per heavy atom. The number of rotatable bonds is 4. The molecule has 0 aliphatic carbocycles. The second-order valence-corrected chi connectivity index (χ2v) is 4.96. The van der Waals surface area contributed by atoms with Crippen LogP contribution in [0.15, 0.2) is 34.8 Å². The number of nitrogens with zero attached hydrogens (tertiary/aromatic N) is 3. The lowest BCUT2D eigenvalue weighted by Gasteiger charge is -2.15. The molecule has 4 nitrogen and oxygen atoms in total. The number of aliphatic hydroxyl groups is 1. The molecule has 6 heteroatoms. The van der Waals surface area contributed by atoms with Crippen molar-refractivity contribution in [3.8, 4) is 11.3 Å². The van der Waals surface area contributed by atoms with Gasteiger partial charge in [-0.15, -0.1) is 10.2 Å². The largest absolute Gasteiger partial charge is 0.395 e. The van der Waals surface area contributed by atoms with E-state index in [-0.39, 0.29) is 12.4 Å². The number of hydrogen-bond donors (Lipinski definition) is 1. The summed E-state index contributed by atoms with van der Waals surface area (Å²) in [5.41, 5.74) is 0.873. The van der Waals surface area contributed by atoms with E-state index >= 15 is 0 Å². The number of anilines is 1. The van der Waals surface area contributed by atoms with Crippen molar-refractivity contribution >= 4 is 21.7 Å². The highest BCUT2D eigenvalue weighted by atomic mass is 79.9. The van der Waals surface area contributed by atoms with Crippen LogP contribution in [0.5, 0.6) is 0 Å². The van der Waals surface area contributed by atoms with Gasteiger partial charge in [0.05, 0.1) is 12.3 Å². The topological polar surface area (TPSA) is 49.2 Å². The zero-order chi connectivity index (χ0) is 13.8. The zero-order valence-corrected chi connectivity index (χ0v) is 11.9. The second-order valence-electron chi connectivity index (χ2n) is 4.05. The predicted molar refractivity (Wildman–Crippen MR) is 75.5 cm³/mol. The van der Waals surface area contributed by atoms with Crippen molar-refractivity contribution in [2.75, 3.05) is 25.1 Å². The van der Waals surface area contributed by atoms with Crippen molar-refractivity contribution in [2.45, 2.75) is 0 Å². The number of hydrogen-bond acceptors (Lipinski definition) is 4. The molecule has 0 aliphatic rings. The number of benzene rings is 1. The maximum Gasteiger partial charge on any atom is 0.151 e. The monoisotopic (exact) mass is 325 g/mol. The molecule has 0 bridgehead atoms. The number of aromatic nitrogens is 2. The molecule has 0 aliphatic heterocycles. The molecular weight excluding hydrogens is 313 g/mol. The fraction of sp³-hybridized carbons (Fsp3) is 0.231. The van der Waals surface area contributed by atoms with Gasteiger partial charge in [-0.3, -0.25) is 0 Å². The fourth-order valence-electron chi connectivity index (χ4n) is 1.63. The molecule has 0 spiro atoms. The fourth-order valence-corrected chi connectivity index (χ4v) is 1.99. The normalized spacial score (nSPS) is 10.5. The molecule has 0 saturated carbocycles. The number of likely N-dealkylation sites (N-methyl/N-ethyl adjacent to an activating group) is 1. The van der Waals surface area contributed by atoms with Crippen LogP contribution in [0.2, 0.25) is 0 Å². The highest BCUT2D eigenvalue weighted by molar-refractivity contribution is 9.10. The molecular formula is C13H13BrFN3O. The molecule has 0 unspecified atom stereocenters. The highest BCUT2D eigenvalue weighted by Gasteiger charge is 2.09. The van der Waals surface area contributed by atoms with Gasteiger partial charge in [-0.05, 0) is 30.3 Å². The van der Waals surface area contributed by atoms with Gasteiger partial charge in [-0.25, -0.2) is 4.39 Å². The first-order chi connectivity index (χ1) is 9.11. The van der Waals surface area contributed by atoms with Crippen LogP contribution in [0.1, 0.15) is 0 Å². The smallest absolute Gasteiger partial charge is 0.151 e. The van der Waals surface area contributed by atoms with Crippen LogP contribution < -0.4 is 4.90 Å². The van der Waals surface area contributed by atoms with Crippen molar-refractivity contribution in [1.29, 1.82) is 0 Å². The Hall–Kier alpha value is -1.53. The molecule has 0 atom stereocenters. The maximum atomic E-state index is 13.7. The molecule has 100 valence electrons. The number of aliphatic hydroxyl groups excluding tert-OH is 1. The summed E-state index contributed by atoms with van der Waals surface area (Å²) in [5.74, 6) is 0.294. The summed E-state index contributed by atoms with van der Waals surface area (Å²) in [4.78, 5) is 1.77. The van der Waals surface area contributed by atoms with Gasteiger partial charge in [0, 0.05) is 23.6 Å². The third kappa shape index (κ3) is 3.27. The van der Waals surface area contributed by atoms with E-state index in [2.05, 4.69) is 26.1 Å². The van der Waals surface area contributed by atoms with Crippen LogP contribution in [0, 0.1) is 5.82 Å². The quantitative estimate of drug-likeness (QED) is 0.938. The third-order valence-electron chi connectivity index (χ3n) is 2.68. The minimum atomic E-state index is -0.339. The van der Waals surface area contributed by atoms with Gasteiger partial charge in [0.2, 0.25) is 0 Å². The van der Waals surface area contributed by atoms with E-state index in [9.17, 15) is 4.39 Å². The van der Waals surface area contributed by atoms with Crippen LogP contribution in [-0.4, -0.2) is 35.5 Å². The van der Waals surface area contributed by atoms with Gasteiger partial charge < -0.3 is 10.0 Å². The standard InChI is InChI=1S/C13H13BrFN3O/c1-18(6-7-19)13-5-4-12(16-17-13)10-8-9(14)2-3-11(10)15/h2-5,8,19H,6-7H2,1H3. The van der Waals surface area contributed by atoms with E-state index in [0.717, 1.165) is 4.47 Å². The molecule has 1 aromatic heterocycles. The molecule has 0 amide bonds. The molecule has 2 rings (SSSR count). The molecule has 1 N–H and O–H groups in total. The van der Waals surface area contributed by atoms with Crippen molar-refractivity contribution in [2.24, 2.45) is 0 Å². The summed E-state index contributed by atoms with van der Waals surface area (Å²) in [6, 6.07) is 8.14. The van der Waals surface area contributed by atoms with Crippen LogP contribution >= 0.6 is 15.9 Å². The molecule has 2 aromatic rings. The van der Waals surface area contributed by atoms with Gasteiger partial charge >= 0.3 is 0 Å². The molecule has 19 heavy (non-hydrogen) atoms. The Morgan fingerprint density at radius 1 is 1.26 bits per heavy atom. The van der Waals surface area contributed by atoms with E-state index in [4.69, 9.17) is 5.11 Å². The van der Waals surface area contributed by atoms with Crippen LogP contribution in [0.4, 0.5) is 10.2 Å². The molecule has 1 aromatic carbocycles. The van der Waals surface area contributed by atoms with E-state index in [0.29, 0.717) is 23.6 Å². The molecule has 0 fully saturated rings. The summed E-state index contributed by atoms with van der Waals surface area (Å²) in [6.07, 6.45) is 0. The first-order valence-electron chi connectivity index (χ1n) is 5.73. The number of halogens is 2. The van der Waals surface area contributed by atoms with Crippen molar-refractivity contribution in [3.05, 3.63) is 40.6 Å². The van der Waals surface area contributed by atoms with Crippen LogP contribution in [0.25, 0.3) is 11.3 Å². The Morgan fingerprint density at radius 2 is 2.05 bits per heavy atom. The SMILES string of the molecule is CN(CCO)c1ccc(-c2cc(Br)ccc2F)nn1. The summed E-state index contributed by atoms with van der Waals surface area (Å²) in [7, 11) is 1.81. The molecule has 0 saturated heterocycles. The lowest BCUT2D eigenvalue weighted by atomic mass is 10.1. The summed E-state index contributed by atoms with van der Waals surface area (Å²) < 4.78 is 14.5. The Labute approximate surface area is 119 Å². The van der Waals surface area contributed by atoms with E-state index in [1.54, 1.807) is 36.2 Å². The molecule has 1 heterocycles. The second kappa shape index (κ2) is 6.08. The lowest BCUT2D eigenvalue weighted by molar-refractivity contribution is 0.303. The van der Waals surface area contributed by atoms with E-state index < -0.39 is 0 Å². The average molecular weight is 326 g/mol. The first kappa shape index (κ1) is 13.9. The maximum absolute atomic E-state index is 13.7. The summed E-state index contributed by atoms with van der Waals surface area (Å²) in [5, 5.41) is 16.9. The Balaban J connectivity index is 2.29.